The summed E-state index contributed by atoms with van der Waals surface area (Å²) in [4.78, 5) is 19.4. The number of nitrogens with zero attached hydrogens (tertiary/aromatic N) is 4. The molecule has 2 aliphatic carbocycles. The smallest absolute Gasteiger partial charge is 0.163 e. The number of aromatic nitrogens is 4. The predicted octanol–water partition coefficient (Wildman–Crippen LogP) is 12.9. The quantitative estimate of drug-likeness (QED) is 0.176. The lowest BCUT2D eigenvalue weighted by atomic mass is 9.70. The van der Waals surface area contributed by atoms with Crippen LogP contribution in [0.5, 0.6) is 0 Å². The second kappa shape index (κ2) is 13.1. The Hall–Kier alpha value is -7.30. The minimum atomic E-state index is -0.505. The van der Waals surface area contributed by atoms with Gasteiger partial charge in [-0.15, -0.1) is 0 Å². The van der Waals surface area contributed by atoms with E-state index in [1.54, 1.807) is 0 Å². The highest BCUT2D eigenvalue weighted by molar-refractivity contribution is 5.97. The predicted molar refractivity (Wildman–Crippen MR) is 235 cm³/mol. The first-order valence-corrected chi connectivity index (χ1v) is 19.9. The van der Waals surface area contributed by atoms with E-state index in [0.29, 0.717) is 17.5 Å². The van der Waals surface area contributed by atoms with E-state index in [-0.39, 0.29) is 0 Å². The Morgan fingerprint density at radius 1 is 0.310 bits per heavy atom. The fourth-order valence-electron chi connectivity index (χ4n) is 9.59. The standard InChI is InChI=1S/C54H38N4/c1-33-21-28-41(34(2)55-33)36-22-24-37(25-23-36)42-15-7-8-16-43(42)39-27-30-50-47(31-39)46-29-26-40(53-57-35(3)56-52(58-53)38-13-5-4-6-14-38)32-51(46)54(50)48-19-11-9-17-44(48)45-18-10-12-20-49(45)54/h4-32H,1-3H3. The van der Waals surface area contributed by atoms with Crippen LogP contribution in [0.25, 0.3) is 78.4 Å². The van der Waals surface area contributed by atoms with Crippen LogP contribution >= 0.6 is 0 Å². The number of benzene rings is 7. The third-order valence-electron chi connectivity index (χ3n) is 12.1. The van der Waals surface area contributed by atoms with E-state index >= 15 is 0 Å². The van der Waals surface area contributed by atoms with Crippen LogP contribution in [0.4, 0.5) is 0 Å². The molecular formula is C54H38N4. The van der Waals surface area contributed by atoms with E-state index in [0.717, 1.165) is 28.1 Å². The van der Waals surface area contributed by atoms with Crippen LogP contribution in [-0.4, -0.2) is 19.9 Å². The van der Waals surface area contributed by atoms with Gasteiger partial charge in [-0.2, -0.15) is 0 Å². The van der Waals surface area contributed by atoms with Crippen molar-refractivity contribution in [1.29, 1.82) is 0 Å². The molecule has 4 nitrogen and oxygen atoms in total. The molecule has 0 fully saturated rings. The maximum Gasteiger partial charge on any atom is 0.163 e. The van der Waals surface area contributed by atoms with Crippen molar-refractivity contribution in [3.8, 4) is 78.4 Å². The zero-order valence-electron chi connectivity index (χ0n) is 32.5. The van der Waals surface area contributed by atoms with Crippen LogP contribution in [0.3, 0.4) is 0 Å². The molecule has 0 aliphatic heterocycles. The largest absolute Gasteiger partial charge is 0.258 e. The zero-order chi connectivity index (χ0) is 39.0. The molecule has 9 aromatic rings. The number of aryl methyl sites for hydroxylation is 3. The van der Waals surface area contributed by atoms with Gasteiger partial charge in [-0.25, -0.2) is 15.0 Å². The highest BCUT2D eigenvalue weighted by Gasteiger charge is 2.51. The van der Waals surface area contributed by atoms with Crippen molar-refractivity contribution in [2.75, 3.05) is 0 Å². The molecule has 0 unspecified atom stereocenters. The number of pyridine rings is 1. The third-order valence-corrected chi connectivity index (χ3v) is 12.1. The van der Waals surface area contributed by atoms with Crippen LogP contribution in [-0.2, 0) is 5.41 Å². The van der Waals surface area contributed by atoms with Gasteiger partial charge in [0.05, 0.1) is 5.41 Å². The van der Waals surface area contributed by atoms with Crippen molar-refractivity contribution in [3.05, 3.63) is 215 Å². The minimum absolute atomic E-state index is 0.505. The molecule has 11 rings (SSSR count). The summed E-state index contributed by atoms with van der Waals surface area (Å²) in [6.07, 6.45) is 0. The Labute approximate surface area is 338 Å². The van der Waals surface area contributed by atoms with Gasteiger partial charge in [0.15, 0.2) is 11.6 Å². The Bertz CT molecular complexity index is 3050. The Morgan fingerprint density at radius 3 is 1.48 bits per heavy atom. The minimum Gasteiger partial charge on any atom is -0.258 e. The Morgan fingerprint density at radius 2 is 0.810 bits per heavy atom. The van der Waals surface area contributed by atoms with E-state index < -0.39 is 5.41 Å². The highest BCUT2D eigenvalue weighted by atomic mass is 15.0. The SMILES string of the molecule is Cc1ccc(-c2ccc(-c3ccccc3-c3ccc4c(c3)-c3ccc(-c5nc(C)nc(-c6ccccc6)n5)cc3C43c4ccccc4-c4ccccc43)cc2)c(C)n1. The van der Waals surface area contributed by atoms with Gasteiger partial charge in [0.1, 0.15) is 5.82 Å². The average molecular weight is 743 g/mol. The molecule has 58 heavy (non-hydrogen) atoms. The van der Waals surface area contributed by atoms with Crippen LogP contribution in [0.15, 0.2) is 176 Å². The van der Waals surface area contributed by atoms with Crippen molar-refractivity contribution in [2.45, 2.75) is 26.2 Å². The third kappa shape index (κ3) is 5.15. The summed E-state index contributed by atoms with van der Waals surface area (Å²) in [5.41, 5.74) is 20.8. The second-order valence-electron chi connectivity index (χ2n) is 15.5. The summed E-state index contributed by atoms with van der Waals surface area (Å²) in [7, 11) is 0. The summed E-state index contributed by atoms with van der Waals surface area (Å²) in [6, 6.07) is 63.9. The molecule has 0 saturated heterocycles. The van der Waals surface area contributed by atoms with Crippen molar-refractivity contribution < 1.29 is 0 Å². The van der Waals surface area contributed by atoms with Crippen molar-refractivity contribution >= 4 is 0 Å². The van der Waals surface area contributed by atoms with Crippen molar-refractivity contribution in [2.24, 2.45) is 0 Å². The van der Waals surface area contributed by atoms with Gasteiger partial charge in [0.25, 0.3) is 0 Å². The Kier molecular flexibility index (Phi) is 7.70. The summed E-state index contributed by atoms with van der Waals surface area (Å²) in [6.45, 7) is 6.07. The molecule has 2 aliphatic rings. The molecule has 0 radical (unpaired) electrons. The molecule has 2 heterocycles. The lowest BCUT2D eigenvalue weighted by Gasteiger charge is -2.30. The molecule has 0 saturated carbocycles. The summed E-state index contributed by atoms with van der Waals surface area (Å²) in [5, 5.41) is 0. The van der Waals surface area contributed by atoms with E-state index in [9.17, 15) is 0 Å². The van der Waals surface area contributed by atoms with E-state index in [2.05, 4.69) is 153 Å². The fourth-order valence-corrected chi connectivity index (χ4v) is 9.59. The Balaban J connectivity index is 1.09. The van der Waals surface area contributed by atoms with E-state index in [4.69, 9.17) is 19.9 Å². The molecule has 0 atom stereocenters. The molecule has 7 aromatic carbocycles. The van der Waals surface area contributed by atoms with Crippen molar-refractivity contribution in [3.63, 3.8) is 0 Å². The highest BCUT2D eigenvalue weighted by Crippen LogP contribution is 2.63. The van der Waals surface area contributed by atoms with Gasteiger partial charge in [-0.3, -0.25) is 4.98 Å². The number of hydrogen-bond donors (Lipinski definition) is 0. The molecule has 4 heteroatoms. The first-order valence-electron chi connectivity index (χ1n) is 19.9. The topological polar surface area (TPSA) is 51.6 Å². The summed E-state index contributed by atoms with van der Waals surface area (Å²) in [5.74, 6) is 2.05. The molecule has 1 spiro atoms. The van der Waals surface area contributed by atoms with Gasteiger partial charge in [-0.1, -0.05) is 158 Å². The van der Waals surface area contributed by atoms with Crippen LogP contribution in [0.2, 0.25) is 0 Å². The molecule has 0 amide bonds. The monoisotopic (exact) mass is 742 g/mol. The van der Waals surface area contributed by atoms with Gasteiger partial charge in [0, 0.05) is 28.1 Å². The second-order valence-corrected chi connectivity index (χ2v) is 15.5. The molecule has 0 bridgehead atoms. The number of rotatable bonds is 5. The average Bonchev–Trinajstić information content (AvgIpc) is 3.73. The maximum absolute atomic E-state index is 5.05. The molecule has 274 valence electrons. The van der Waals surface area contributed by atoms with Gasteiger partial charge < -0.3 is 0 Å². The number of fused-ring (bicyclic) bond motifs is 10. The van der Waals surface area contributed by atoms with Crippen LogP contribution in [0, 0.1) is 20.8 Å². The summed E-state index contributed by atoms with van der Waals surface area (Å²) < 4.78 is 0. The van der Waals surface area contributed by atoms with E-state index in [1.165, 1.54) is 72.3 Å². The van der Waals surface area contributed by atoms with Crippen LogP contribution in [0.1, 0.15) is 39.5 Å². The molecule has 2 aromatic heterocycles. The van der Waals surface area contributed by atoms with Gasteiger partial charge >= 0.3 is 0 Å². The summed E-state index contributed by atoms with van der Waals surface area (Å²) >= 11 is 0. The first kappa shape index (κ1) is 34.0. The van der Waals surface area contributed by atoms with Gasteiger partial charge in [-0.05, 0) is 111 Å². The lowest BCUT2D eigenvalue weighted by Crippen LogP contribution is -2.25. The molecular weight excluding hydrogens is 705 g/mol. The maximum atomic E-state index is 5.05. The van der Waals surface area contributed by atoms with Gasteiger partial charge in [0.2, 0.25) is 0 Å². The fraction of sp³-hybridized carbons (Fsp3) is 0.0741. The number of hydrogen-bond acceptors (Lipinski definition) is 4. The first-order chi connectivity index (χ1) is 28.5. The van der Waals surface area contributed by atoms with Crippen molar-refractivity contribution in [1.82, 2.24) is 19.9 Å². The molecule has 0 N–H and O–H groups in total. The lowest BCUT2D eigenvalue weighted by molar-refractivity contribution is 0.794. The normalized spacial score (nSPS) is 12.9. The zero-order valence-corrected chi connectivity index (χ0v) is 32.5. The van der Waals surface area contributed by atoms with E-state index in [1.807, 2.05) is 44.2 Å². The van der Waals surface area contributed by atoms with Crippen LogP contribution < -0.4 is 0 Å².